The van der Waals surface area contributed by atoms with Crippen LogP contribution in [0.25, 0.3) is 0 Å². The molecule has 1 saturated carbocycles. The highest BCUT2D eigenvalue weighted by atomic mass is 19.4. The summed E-state index contributed by atoms with van der Waals surface area (Å²) in [7, 11) is 0. The molecule has 0 unspecified atom stereocenters. The maximum Gasteiger partial charge on any atom is 0.416 e. The SMILES string of the molecule is NCc1ccc(OCC2CCCC2)cc1C(F)(F)F. The summed E-state index contributed by atoms with van der Waals surface area (Å²) in [6, 6.07) is 4.01. The largest absolute Gasteiger partial charge is 0.493 e. The van der Waals surface area contributed by atoms with Crippen molar-refractivity contribution in [2.45, 2.75) is 38.4 Å². The van der Waals surface area contributed by atoms with E-state index in [9.17, 15) is 13.2 Å². The molecule has 2 nitrogen and oxygen atoms in total. The molecule has 0 amide bonds. The van der Waals surface area contributed by atoms with E-state index in [2.05, 4.69) is 0 Å². The Morgan fingerprint density at radius 1 is 1.21 bits per heavy atom. The zero-order valence-corrected chi connectivity index (χ0v) is 10.7. The van der Waals surface area contributed by atoms with Crippen LogP contribution in [0.1, 0.15) is 36.8 Å². The molecule has 1 aliphatic rings. The molecule has 1 fully saturated rings. The van der Waals surface area contributed by atoms with Gasteiger partial charge in [0.15, 0.2) is 0 Å². The van der Waals surface area contributed by atoms with Crippen molar-refractivity contribution in [3.05, 3.63) is 29.3 Å². The lowest BCUT2D eigenvalue weighted by Gasteiger charge is -2.15. The van der Waals surface area contributed by atoms with Crippen LogP contribution in [0.2, 0.25) is 0 Å². The molecule has 0 bridgehead atoms. The van der Waals surface area contributed by atoms with Crippen LogP contribution in [0.3, 0.4) is 0 Å². The Kier molecular flexibility index (Phi) is 4.34. The Hall–Kier alpha value is -1.23. The third kappa shape index (κ3) is 3.62. The van der Waals surface area contributed by atoms with E-state index in [0.717, 1.165) is 18.9 Å². The Bertz CT molecular complexity index is 425. The molecule has 0 saturated heterocycles. The zero-order valence-electron chi connectivity index (χ0n) is 10.7. The fourth-order valence-electron chi connectivity index (χ4n) is 2.48. The van der Waals surface area contributed by atoms with Crippen LogP contribution in [0.5, 0.6) is 5.75 Å². The number of alkyl halides is 3. The quantitative estimate of drug-likeness (QED) is 0.907. The third-order valence-electron chi connectivity index (χ3n) is 3.57. The van der Waals surface area contributed by atoms with Gasteiger partial charge in [-0.15, -0.1) is 0 Å². The van der Waals surface area contributed by atoms with Crippen molar-refractivity contribution in [1.82, 2.24) is 0 Å². The normalized spacial score (nSPS) is 16.8. The number of hydrogen-bond acceptors (Lipinski definition) is 2. The van der Waals surface area contributed by atoms with E-state index in [1.54, 1.807) is 6.07 Å². The summed E-state index contributed by atoms with van der Waals surface area (Å²) in [4.78, 5) is 0. The Morgan fingerprint density at radius 2 is 1.89 bits per heavy atom. The molecule has 106 valence electrons. The van der Waals surface area contributed by atoms with E-state index in [1.807, 2.05) is 0 Å². The predicted octanol–water partition coefficient (Wildman–Crippen LogP) is 3.73. The van der Waals surface area contributed by atoms with Gasteiger partial charge in [0.1, 0.15) is 5.75 Å². The van der Waals surface area contributed by atoms with E-state index >= 15 is 0 Å². The first-order valence-electron chi connectivity index (χ1n) is 6.53. The molecule has 1 aromatic rings. The smallest absolute Gasteiger partial charge is 0.416 e. The lowest BCUT2D eigenvalue weighted by molar-refractivity contribution is -0.138. The van der Waals surface area contributed by atoms with Crippen LogP contribution in [0.15, 0.2) is 18.2 Å². The minimum Gasteiger partial charge on any atom is -0.493 e. The molecule has 2 rings (SSSR count). The first-order valence-corrected chi connectivity index (χ1v) is 6.53. The Balaban J connectivity index is 2.08. The molecule has 1 aromatic carbocycles. The molecule has 0 aromatic heterocycles. The Labute approximate surface area is 110 Å². The molecule has 0 spiro atoms. The molecule has 5 heteroatoms. The van der Waals surface area contributed by atoms with Gasteiger partial charge in [0.25, 0.3) is 0 Å². The molecule has 0 atom stereocenters. The van der Waals surface area contributed by atoms with Crippen molar-refractivity contribution in [3.63, 3.8) is 0 Å². The van der Waals surface area contributed by atoms with Crippen molar-refractivity contribution in [2.24, 2.45) is 11.7 Å². The number of nitrogens with two attached hydrogens (primary N) is 1. The van der Waals surface area contributed by atoms with Gasteiger partial charge in [-0.1, -0.05) is 18.9 Å². The second-order valence-corrected chi connectivity index (χ2v) is 4.98. The van der Waals surface area contributed by atoms with Gasteiger partial charge in [0.2, 0.25) is 0 Å². The van der Waals surface area contributed by atoms with Crippen LogP contribution in [0.4, 0.5) is 13.2 Å². The van der Waals surface area contributed by atoms with Crippen LogP contribution in [-0.2, 0) is 12.7 Å². The minimum atomic E-state index is -4.39. The fourth-order valence-corrected chi connectivity index (χ4v) is 2.48. The van der Waals surface area contributed by atoms with E-state index in [0.29, 0.717) is 12.5 Å². The highest BCUT2D eigenvalue weighted by molar-refractivity contribution is 5.37. The summed E-state index contributed by atoms with van der Waals surface area (Å²) in [5, 5.41) is 0. The van der Waals surface area contributed by atoms with Crippen molar-refractivity contribution in [2.75, 3.05) is 6.61 Å². The number of hydrogen-bond donors (Lipinski definition) is 1. The number of ether oxygens (including phenoxy) is 1. The summed E-state index contributed by atoms with van der Waals surface area (Å²) in [6.07, 6.45) is 0.198. The lowest BCUT2D eigenvalue weighted by Crippen LogP contribution is -2.13. The third-order valence-corrected chi connectivity index (χ3v) is 3.57. The van der Waals surface area contributed by atoms with Gasteiger partial charge in [-0.25, -0.2) is 0 Å². The van der Waals surface area contributed by atoms with Crippen LogP contribution in [-0.4, -0.2) is 6.61 Å². The molecular weight excluding hydrogens is 255 g/mol. The van der Waals surface area contributed by atoms with Crippen LogP contribution >= 0.6 is 0 Å². The summed E-state index contributed by atoms with van der Waals surface area (Å²) < 4.78 is 44.0. The zero-order chi connectivity index (χ0) is 13.9. The fraction of sp³-hybridized carbons (Fsp3) is 0.571. The van der Waals surface area contributed by atoms with Crippen LogP contribution in [0, 0.1) is 5.92 Å². The monoisotopic (exact) mass is 273 g/mol. The molecular formula is C14H18F3NO. The van der Waals surface area contributed by atoms with Gasteiger partial charge in [0, 0.05) is 6.54 Å². The van der Waals surface area contributed by atoms with E-state index in [4.69, 9.17) is 10.5 Å². The molecule has 2 N–H and O–H groups in total. The molecule has 1 aliphatic carbocycles. The summed E-state index contributed by atoms with van der Waals surface area (Å²) >= 11 is 0. The highest BCUT2D eigenvalue weighted by Gasteiger charge is 2.33. The highest BCUT2D eigenvalue weighted by Crippen LogP contribution is 2.34. The minimum absolute atomic E-state index is 0.0979. The van der Waals surface area contributed by atoms with Gasteiger partial charge < -0.3 is 10.5 Å². The van der Waals surface area contributed by atoms with E-state index in [-0.39, 0.29) is 17.9 Å². The van der Waals surface area contributed by atoms with E-state index < -0.39 is 11.7 Å². The molecule has 0 heterocycles. The van der Waals surface area contributed by atoms with Crippen molar-refractivity contribution in [3.8, 4) is 5.75 Å². The van der Waals surface area contributed by atoms with E-state index in [1.165, 1.54) is 18.9 Å². The average Bonchev–Trinajstić information content (AvgIpc) is 2.88. The van der Waals surface area contributed by atoms with Gasteiger partial charge in [0.05, 0.1) is 12.2 Å². The maximum absolute atomic E-state index is 12.8. The first kappa shape index (κ1) is 14.2. The second-order valence-electron chi connectivity index (χ2n) is 4.98. The lowest BCUT2D eigenvalue weighted by atomic mass is 10.1. The second kappa shape index (κ2) is 5.82. The maximum atomic E-state index is 12.8. The van der Waals surface area contributed by atoms with Crippen LogP contribution < -0.4 is 10.5 Å². The van der Waals surface area contributed by atoms with Crippen molar-refractivity contribution in [1.29, 1.82) is 0 Å². The number of halogens is 3. The average molecular weight is 273 g/mol. The summed E-state index contributed by atoms with van der Waals surface area (Å²) in [5.41, 5.74) is 4.73. The van der Waals surface area contributed by atoms with Crippen molar-refractivity contribution < 1.29 is 17.9 Å². The number of benzene rings is 1. The Morgan fingerprint density at radius 3 is 2.47 bits per heavy atom. The topological polar surface area (TPSA) is 35.2 Å². The summed E-state index contributed by atoms with van der Waals surface area (Å²) in [5.74, 6) is 0.750. The number of rotatable bonds is 4. The van der Waals surface area contributed by atoms with Crippen molar-refractivity contribution >= 4 is 0 Å². The molecule has 0 radical (unpaired) electrons. The standard InChI is InChI=1S/C14H18F3NO/c15-14(16,17)13-7-12(6-5-11(13)8-18)19-9-10-3-1-2-4-10/h5-7,10H,1-4,8-9,18H2. The van der Waals surface area contributed by atoms with Gasteiger partial charge in [-0.3, -0.25) is 0 Å². The van der Waals surface area contributed by atoms with Gasteiger partial charge in [-0.2, -0.15) is 13.2 Å². The predicted molar refractivity (Wildman–Crippen MR) is 66.8 cm³/mol. The first-order chi connectivity index (χ1) is 9.00. The molecule has 19 heavy (non-hydrogen) atoms. The van der Waals surface area contributed by atoms with Gasteiger partial charge >= 0.3 is 6.18 Å². The molecule has 0 aliphatic heterocycles. The summed E-state index contributed by atoms with van der Waals surface area (Å²) in [6.45, 7) is 0.372. The van der Waals surface area contributed by atoms with Gasteiger partial charge in [-0.05, 0) is 36.5 Å².